The van der Waals surface area contributed by atoms with Crippen molar-refractivity contribution in [1.29, 1.82) is 0 Å². The lowest BCUT2D eigenvalue weighted by Gasteiger charge is -2.22. The molecule has 1 heterocycles. The number of hydrogen-bond acceptors (Lipinski definition) is 4. The van der Waals surface area contributed by atoms with Crippen molar-refractivity contribution in [2.45, 2.75) is 17.9 Å². The zero-order chi connectivity index (χ0) is 15.2. The molecule has 1 aliphatic rings. The topological polar surface area (TPSA) is 57.6 Å². The molecule has 114 valence electrons. The van der Waals surface area contributed by atoms with E-state index in [-0.39, 0.29) is 12.5 Å². The summed E-state index contributed by atoms with van der Waals surface area (Å²) in [6.45, 7) is 1.91. The minimum Gasteiger partial charge on any atom is -0.480 e. The van der Waals surface area contributed by atoms with Crippen LogP contribution in [-0.2, 0) is 4.79 Å². The van der Waals surface area contributed by atoms with E-state index in [4.69, 9.17) is 5.11 Å². The molecule has 0 bridgehead atoms. The first-order chi connectivity index (χ1) is 10.1. The summed E-state index contributed by atoms with van der Waals surface area (Å²) in [6, 6.07) is 7.57. The van der Waals surface area contributed by atoms with Gasteiger partial charge in [0.15, 0.2) is 0 Å². The van der Waals surface area contributed by atoms with Crippen LogP contribution < -0.4 is 0 Å². The number of thioether (sulfide) groups is 2. The molecular weight excluding hydrogens is 306 g/mol. The molecule has 6 heteroatoms. The van der Waals surface area contributed by atoms with Crippen LogP contribution in [0.15, 0.2) is 24.3 Å². The third-order valence-corrected chi connectivity index (χ3v) is 6.27. The molecule has 1 fully saturated rings. The summed E-state index contributed by atoms with van der Waals surface area (Å²) in [7, 11) is 0. The summed E-state index contributed by atoms with van der Waals surface area (Å²) < 4.78 is 0.448. The van der Waals surface area contributed by atoms with E-state index in [1.165, 1.54) is 28.4 Å². The van der Waals surface area contributed by atoms with Crippen molar-refractivity contribution < 1.29 is 14.7 Å². The molecule has 1 aliphatic heterocycles. The average molecular weight is 325 g/mol. The number of amides is 1. The zero-order valence-corrected chi connectivity index (χ0v) is 13.6. The molecule has 1 aromatic rings. The van der Waals surface area contributed by atoms with Crippen molar-refractivity contribution in [2.75, 3.05) is 24.6 Å². The van der Waals surface area contributed by atoms with Gasteiger partial charge in [-0.25, -0.2) is 0 Å². The Bertz CT molecular complexity index is 498. The number of aliphatic carboxylic acids is 1. The van der Waals surface area contributed by atoms with Crippen LogP contribution >= 0.6 is 23.5 Å². The van der Waals surface area contributed by atoms with Crippen molar-refractivity contribution in [3.8, 4) is 0 Å². The molecule has 0 unspecified atom stereocenters. The molecule has 0 spiro atoms. The van der Waals surface area contributed by atoms with Crippen LogP contribution in [0.2, 0.25) is 0 Å². The van der Waals surface area contributed by atoms with Crippen LogP contribution in [0.1, 0.15) is 33.8 Å². The summed E-state index contributed by atoms with van der Waals surface area (Å²) in [4.78, 5) is 24.4. The SMILES string of the molecule is CCN(CC(=O)O)C(=O)c1ccc(C2SCCCS2)cc1. The van der Waals surface area contributed by atoms with Gasteiger partial charge in [0.25, 0.3) is 5.91 Å². The number of carbonyl (C=O) groups is 2. The highest BCUT2D eigenvalue weighted by Crippen LogP contribution is 2.43. The van der Waals surface area contributed by atoms with Gasteiger partial charge in [-0.15, -0.1) is 23.5 Å². The predicted octanol–water partition coefficient (Wildman–Crippen LogP) is 3.10. The van der Waals surface area contributed by atoms with Gasteiger partial charge in [-0.3, -0.25) is 9.59 Å². The molecular formula is C15H19NO3S2. The van der Waals surface area contributed by atoms with E-state index in [0.29, 0.717) is 16.7 Å². The Hall–Kier alpha value is -1.14. The van der Waals surface area contributed by atoms with E-state index in [1.54, 1.807) is 19.1 Å². The molecule has 2 rings (SSSR count). The van der Waals surface area contributed by atoms with E-state index < -0.39 is 5.97 Å². The predicted molar refractivity (Wildman–Crippen MR) is 87.9 cm³/mol. The minimum absolute atomic E-state index is 0.226. The first kappa shape index (κ1) is 16.2. The fraction of sp³-hybridized carbons (Fsp3) is 0.467. The summed E-state index contributed by atoms with van der Waals surface area (Å²) in [6.07, 6.45) is 1.25. The number of rotatable bonds is 5. The quantitative estimate of drug-likeness (QED) is 0.901. The van der Waals surface area contributed by atoms with Crippen molar-refractivity contribution >= 4 is 35.4 Å². The highest BCUT2D eigenvalue weighted by atomic mass is 32.2. The highest BCUT2D eigenvalue weighted by Gasteiger charge is 2.19. The van der Waals surface area contributed by atoms with Crippen molar-refractivity contribution in [2.24, 2.45) is 0 Å². The highest BCUT2D eigenvalue weighted by molar-refractivity contribution is 8.16. The molecule has 4 nitrogen and oxygen atoms in total. The number of carbonyl (C=O) groups excluding carboxylic acids is 1. The molecule has 1 saturated heterocycles. The number of benzene rings is 1. The van der Waals surface area contributed by atoms with Crippen molar-refractivity contribution in [3.05, 3.63) is 35.4 Å². The van der Waals surface area contributed by atoms with Gasteiger partial charge in [0.05, 0.1) is 4.58 Å². The molecule has 0 saturated carbocycles. The largest absolute Gasteiger partial charge is 0.480 e. The maximum absolute atomic E-state index is 12.3. The second kappa shape index (κ2) is 7.75. The normalized spacial score (nSPS) is 15.7. The van der Waals surface area contributed by atoms with Crippen LogP contribution in [0.5, 0.6) is 0 Å². The van der Waals surface area contributed by atoms with Crippen LogP contribution in [0.3, 0.4) is 0 Å². The maximum Gasteiger partial charge on any atom is 0.323 e. The molecule has 0 radical (unpaired) electrons. The van der Waals surface area contributed by atoms with Crippen LogP contribution in [0.25, 0.3) is 0 Å². The third kappa shape index (κ3) is 4.41. The Morgan fingerprint density at radius 2 is 1.86 bits per heavy atom. The van der Waals surface area contributed by atoms with Crippen LogP contribution in [0.4, 0.5) is 0 Å². The first-order valence-electron chi connectivity index (χ1n) is 6.96. The summed E-state index contributed by atoms with van der Waals surface area (Å²) in [5, 5.41) is 8.83. The van der Waals surface area contributed by atoms with Gasteiger partial charge in [0, 0.05) is 12.1 Å². The Balaban J connectivity index is 2.06. The number of carboxylic acids is 1. The summed E-state index contributed by atoms with van der Waals surface area (Å²) in [5.74, 6) is 1.15. The van der Waals surface area contributed by atoms with Crippen molar-refractivity contribution in [3.63, 3.8) is 0 Å². The maximum atomic E-state index is 12.3. The van der Waals surface area contributed by atoms with Gasteiger partial charge in [-0.05, 0) is 42.5 Å². The molecule has 0 atom stereocenters. The van der Waals surface area contributed by atoms with Gasteiger partial charge in [-0.2, -0.15) is 0 Å². The molecule has 21 heavy (non-hydrogen) atoms. The van der Waals surface area contributed by atoms with E-state index >= 15 is 0 Å². The average Bonchev–Trinajstić information content (AvgIpc) is 2.53. The van der Waals surface area contributed by atoms with Gasteiger partial charge in [0.2, 0.25) is 0 Å². The number of likely N-dealkylation sites (N-methyl/N-ethyl adjacent to an activating group) is 1. The van der Waals surface area contributed by atoms with Crippen molar-refractivity contribution in [1.82, 2.24) is 4.90 Å². The summed E-state index contributed by atoms with van der Waals surface area (Å²) in [5.41, 5.74) is 1.77. The monoisotopic (exact) mass is 325 g/mol. The number of hydrogen-bond donors (Lipinski definition) is 1. The molecule has 1 amide bonds. The molecule has 1 N–H and O–H groups in total. The number of nitrogens with zero attached hydrogens (tertiary/aromatic N) is 1. The lowest BCUT2D eigenvalue weighted by Crippen LogP contribution is -2.35. The van der Waals surface area contributed by atoms with Gasteiger partial charge >= 0.3 is 5.97 Å². The zero-order valence-electron chi connectivity index (χ0n) is 11.9. The smallest absolute Gasteiger partial charge is 0.323 e. The Morgan fingerprint density at radius 1 is 1.24 bits per heavy atom. The van der Waals surface area contributed by atoms with Gasteiger partial charge in [0.1, 0.15) is 6.54 Å². The lowest BCUT2D eigenvalue weighted by atomic mass is 10.1. The second-order valence-electron chi connectivity index (χ2n) is 4.76. The van der Waals surface area contributed by atoms with Gasteiger partial charge < -0.3 is 10.0 Å². The van der Waals surface area contributed by atoms with E-state index in [0.717, 1.165) is 0 Å². The fourth-order valence-corrected chi connectivity index (χ4v) is 5.03. The third-order valence-electron chi connectivity index (χ3n) is 3.25. The number of carboxylic acid groups (broad SMARTS) is 1. The second-order valence-corrected chi connectivity index (χ2v) is 7.49. The lowest BCUT2D eigenvalue weighted by molar-refractivity contribution is -0.137. The van der Waals surface area contributed by atoms with Crippen LogP contribution in [-0.4, -0.2) is 46.5 Å². The molecule has 0 aliphatic carbocycles. The standard InChI is InChI=1S/C15H19NO3S2/c1-2-16(10-13(17)18)14(19)11-4-6-12(7-5-11)15-20-8-3-9-21-15/h4-7,15H,2-3,8-10H2,1H3,(H,17,18). The first-order valence-corrected chi connectivity index (χ1v) is 9.05. The Morgan fingerprint density at radius 3 is 2.38 bits per heavy atom. The van der Waals surface area contributed by atoms with E-state index in [2.05, 4.69) is 0 Å². The van der Waals surface area contributed by atoms with E-state index in [9.17, 15) is 9.59 Å². The molecule has 0 aromatic heterocycles. The van der Waals surface area contributed by atoms with E-state index in [1.807, 2.05) is 35.7 Å². The molecule has 1 aromatic carbocycles. The fourth-order valence-electron chi connectivity index (χ4n) is 2.14. The minimum atomic E-state index is -0.989. The van der Waals surface area contributed by atoms with Crippen LogP contribution in [0, 0.1) is 0 Å². The van der Waals surface area contributed by atoms with Gasteiger partial charge in [-0.1, -0.05) is 12.1 Å². The Kier molecular flexibility index (Phi) is 5.99. The Labute approximate surface area is 133 Å². The summed E-state index contributed by atoms with van der Waals surface area (Å²) >= 11 is 3.88.